The molecular formula is C27H46O5. The lowest BCUT2D eigenvalue weighted by Gasteiger charge is -2.22. The van der Waals surface area contributed by atoms with Gasteiger partial charge in [0.2, 0.25) is 0 Å². The van der Waals surface area contributed by atoms with Crippen LogP contribution in [0.1, 0.15) is 91.4 Å². The molecule has 0 aromatic rings. The van der Waals surface area contributed by atoms with Crippen LogP contribution in [0.5, 0.6) is 0 Å². The van der Waals surface area contributed by atoms with E-state index in [1.54, 1.807) is 7.11 Å². The van der Waals surface area contributed by atoms with E-state index in [0.717, 1.165) is 57.8 Å². The van der Waals surface area contributed by atoms with Crippen molar-refractivity contribution in [3.63, 3.8) is 0 Å². The van der Waals surface area contributed by atoms with E-state index in [2.05, 4.69) is 16.9 Å². The summed E-state index contributed by atoms with van der Waals surface area (Å²) in [6, 6.07) is 0. The third-order valence-electron chi connectivity index (χ3n) is 6.53. The zero-order valence-corrected chi connectivity index (χ0v) is 21.0. The second-order valence-electron chi connectivity index (χ2n) is 10.1. The summed E-state index contributed by atoms with van der Waals surface area (Å²) >= 11 is 0. The zero-order chi connectivity index (χ0) is 24.0. The van der Waals surface area contributed by atoms with Crippen LogP contribution >= 0.6 is 0 Å². The highest BCUT2D eigenvalue weighted by molar-refractivity contribution is 5.83. The Morgan fingerprint density at radius 1 is 0.969 bits per heavy atom. The summed E-state index contributed by atoms with van der Waals surface area (Å²) in [6.07, 6.45) is 18.2. The lowest BCUT2D eigenvalue weighted by molar-refractivity contribution is -0.134. The molecule has 5 heteroatoms. The van der Waals surface area contributed by atoms with E-state index >= 15 is 0 Å². The van der Waals surface area contributed by atoms with Gasteiger partial charge in [-0.25, -0.2) is 4.79 Å². The number of esters is 1. The van der Waals surface area contributed by atoms with Gasteiger partial charge in [0, 0.05) is 37.4 Å². The second-order valence-corrected chi connectivity index (χ2v) is 10.1. The van der Waals surface area contributed by atoms with Gasteiger partial charge in [-0.2, -0.15) is 0 Å². The summed E-state index contributed by atoms with van der Waals surface area (Å²) in [5.74, 6) is 0.519. The number of carbonyl (C=O) groups excluding carboxylic acids is 2. The van der Waals surface area contributed by atoms with E-state index < -0.39 is 0 Å². The monoisotopic (exact) mass is 450 g/mol. The first-order valence-corrected chi connectivity index (χ1v) is 12.4. The molecule has 1 saturated carbocycles. The molecule has 1 aliphatic rings. The fourth-order valence-corrected chi connectivity index (χ4v) is 4.43. The molecule has 1 rings (SSSR count). The third-order valence-corrected chi connectivity index (χ3v) is 6.53. The number of hydrogen-bond donors (Lipinski definition) is 1. The minimum atomic E-state index is -0.319. The maximum Gasteiger partial charge on any atom is 0.330 e. The lowest BCUT2D eigenvalue weighted by atomic mass is 9.87. The van der Waals surface area contributed by atoms with Crippen LogP contribution in [-0.4, -0.2) is 43.3 Å². The van der Waals surface area contributed by atoms with Gasteiger partial charge < -0.3 is 14.6 Å². The minimum Gasteiger partial charge on any atom is -0.466 e. The van der Waals surface area contributed by atoms with Crippen molar-refractivity contribution in [2.45, 2.75) is 104 Å². The molecule has 184 valence electrons. The van der Waals surface area contributed by atoms with Crippen LogP contribution in [0.3, 0.4) is 0 Å². The second kappa shape index (κ2) is 15.4. The summed E-state index contributed by atoms with van der Waals surface area (Å²) in [4.78, 5) is 23.1. The van der Waals surface area contributed by atoms with E-state index in [0.29, 0.717) is 18.6 Å². The van der Waals surface area contributed by atoms with Crippen LogP contribution in [0.2, 0.25) is 0 Å². The number of allylic oxidation sites excluding steroid dienone is 2. The van der Waals surface area contributed by atoms with Crippen molar-refractivity contribution in [3.05, 3.63) is 24.3 Å². The molecule has 5 nitrogen and oxygen atoms in total. The van der Waals surface area contributed by atoms with E-state index in [4.69, 9.17) is 4.74 Å². The van der Waals surface area contributed by atoms with Crippen molar-refractivity contribution in [1.82, 2.24) is 0 Å². The summed E-state index contributed by atoms with van der Waals surface area (Å²) in [5, 5.41) is 10.6. The highest BCUT2D eigenvalue weighted by Gasteiger charge is 2.40. The Morgan fingerprint density at radius 3 is 2.28 bits per heavy atom. The Kier molecular flexibility index (Phi) is 13.7. The van der Waals surface area contributed by atoms with Crippen LogP contribution in [0.25, 0.3) is 0 Å². The number of ketones is 1. The molecular weight excluding hydrogens is 404 g/mol. The van der Waals surface area contributed by atoms with Crippen molar-refractivity contribution in [1.29, 1.82) is 0 Å². The molecule has 1 unspecified atom stereocenters. The molecule has 1 fully saturated rings. The molecule has 0 bridgehead atoms. The predicted octanol–water partition coefficient (Wildman–Crippen LogP) is 5.80. The maximum atomic E-state index is 12.0. The Hall–Kier alpha value is -1.46. The van der Waals surface area contributed by atoms with Gasteiger partial charge in [-0.05, 0) is 44.4 Å². The van der Waals surface area contributed by atoms with Crippen molar-refractivity contribution < 1.29 is 24.2 Å². The largest absolute Gasteiger partial charge is 0.466 e. The topological polar surface area (TPSA) is 72.8 Å². The predicted molar refractivity (Wildman–Crippen MR) is 129 cm³/mol. The maximum absolute atomic E-state index is 12.0. The molecule has 0 saturated heterocycles. The minimum absolute atomic E-state index is 0.0777. The van der Waals surface area contributed by atoms with Gasteiger partial charge >= 0.3 is 5.97 Å². The fourth-order valence-electron chi connectivity index (χ4n) is 4.43. The number of carbonyl (C=O) groups is 2. The van der Waals surface area contributed by atoms with E-state index in [1.165, 1.54) is 13.2 Å². The van der Waals surface area contributed by atoms with Crippen molar-refractivity contribution >= 4 is 11.8 Å². The fraction of sp³-hybridized carbons (Fsp3) is 0.778. The summed E-state index contributed by atoms with van der Waals surface area (Å²) in [7, 11) is 3.11. The van der Waals surface area contributed by atoms with Gasteiger partial charge in [0.25, 0.3) is 0 Å². The number of ether oxygens (including phenoxy) is 2. The smallest absolute Gasteiger partial charge is 0.330 e. The number of rotatable bonds is 15. The van der Waals surface area contributed by atoms with E-state index in [1.807, 2.05) is 26.8 Å². The molecule has 1 aliphatic carbocycles. The van der Waals surface area contributed by atoms with Crippen LogP contribution < -0.4 is 0 Å². The SMILES string of the molecule is COC(=O)C=CCCCCC1[C@@H](C=CCCCCCCC(=O)C(C)(C)C)[C@H](OC)C[C@@H]1O. The molecule has 0 spiro atoms. The van der Waals surface area contributed by atoms with Gasteiger partial charge in [0.1, 0.15) is 5.78 Å². The van der Waals surface area contributed by atoms with Gasteiger partial charge in [0.05, 0.1) is 19.3 Å². The highest BCUT2D eigenvalue weighted by Crippen LogP contribution is 2.38. The quantitative estimate of drug-likeness (QED) is 0.148. The van der Waals surface area contributed by atoms with E-state index in [9.17, 15) is 14.7 Å². The lowest BCUT2D eigenvalue weighted by Crippen LogP contribution is -2.21. The Labute approximate surface area is 195 Å². The van der Waals surface area contributed by atoms with Crippen LogP contribution in [0.15, 0.2) is 24.3 Å². The first-order chi connectivity index (χ1) is 15.2. The number of methoxy groups -OCH3 is 2. The normalized spacial score (nSPS) is 23.9. The average Bonchev–Trinajstić information content (AvgIpc) is 3.05. The standard InChI is InChI=1S/C27H46O5/c1-27(2,3)25(29)18-14-9-7-6-8-13-17-22-21(23(28)20-24(22)31-4)16-12-10-11-15-19-26(30)32-5/h13,15,17,19,21-24,28H,6-12,14,16,18,20H2,1-5H3/t21?,22-,23+,24-/m1/s1. The summed E-state index contributed by atoms with van der Waals surface area (Å²) in [6.45, 7) is 5.97. The molecule has 0 aromatic heterocycles. The Morgan fingerprint density at radius 2 is 1.62 bits per heavy atom. The molecule has 0 heterocycles. The molecule has 0 aliphatic heterocycles. The molecule has 0 amide bonds. The molecule has 0 radical (unpaired) electrons. The van der Waals surface area contributed by atoms with Gasteiger partial charge in [-0.3, -0.25) is 4.79 Å². The molecule has 0 aromatic carbocycles. The van der Waals surface area contributed by atoms with Crippen molar-refractivity contribution in [2.75, 3.05) is 14.2 Å². The summed E-state index contributed by atoms with van der Waals surface area (Å²) in [5.41, 5.74) is -0.219. The molecule has 1 N–H and O–H groups in total. The first kappa shape index (κ1) is 28.6. The van der Waals surface area contributed by atoms with Crippen molar-refractivity contribution in [2.24, 2.45) is 17.3 Å². The van der Waals surface area contributed by atoms with Crippen LogP contribution in [-0.2, 0) is 19.1 Å². The van der Waals surface area contributed by atoms with Gasteiger partial charge in [-0.1, -0.05) is 58.3 Å². The Bertz CT molecular complexity index is 602. The first-order valence-electron chi connectivity index (χ1n) is 12.4. The van der Waals surface area contributed by atoms with Gasteiger partial charge in [-0.15, -0.1) is 0 Å². The number of Topliss-reactive ketones (excluding diaryl/α,β-unsaturated/α-hetero) is 1. The third kappa shape index (κ3) is 10.9. The number of unbranched alkanes of at least 4 members (excludes halogenated alkanes) is 6. The number of aliphatic hydroxyl groups is 1. The van der Waals surface area contributed by atoms with E-state index in [-0.39, 0.29) is 35.4 Å². The number of aliphatic hydroxyl groups excluding tert-OH is 1. The average molecular weight is 451 g/mol. The summed E-state index contributed by atoms with van der Waals surface area (Å²) < 4.78 is 10.3. The zero-order valence-electron chi connectivity index (χ0n) is 21.0. The van der Waals surface area contributed by atoms with Gasteiger partial charge in [0.15, 0.2) is 0 Å². The van der Waals surface area contributed by atoms with Crippen molar-refractivity contribution in [3.8, 4) is 0 Å². The van der Waals surface area contributed by atoms with Crippen LogP contribution in [0, 0.1) is 17.3 Å². The highest BCUT2D eigenvalue weighted by atomic mass is 16.5. The van der Waals surface area contributed by atoms with Crippen LogP contribution in [0.4, 0.5) is 0 Å². The number of hydrogen-bond acceptors (Lipinski definition) is 5. The molecule has 32 heavy (non-hydrogen) atoms. The molecule has 4 atom stereocenters. The Balaban J connectivity index is 2.33.